The number of hydrogen-bond donors (Lipinski definition) is 2. The van der Waals surface area contributed by atoms with E-state index in [0.717, 1.165) is 33.8 Å². The van der Waals surface area contributed by atoms with Gasteiger partial charge in [-0.05, 0) is 57.4 Å². The second-order valence-electron chi connectivity index (χ2n) is 7.86. The molecule has 2 N–H and O–H groups in total. The first kappa shape index (κ1) is 21.4. The Hall–Kier alpha value is -3.34. The molecule has 0 unspecified atom stereocenters. The molecule has 5 nitrogen and oxygen atoms in total. The van der Waals surface area contributed by atoms with Gasteiger partial charge in [0.15, 0.2) is 0 Å². The maximum Gasteiger partial charge on any atom is 0.253 e. The summed E-state index contributed by atoms with van der Waals surface area (Å²) in [5, 5.41) is 5.67. The van der Waals surface area contributed by atoms with Crippen LogP contribution in [0.2, 0.25) is 0 Å². The van der Waals surface area contributed by atoms with Crippen molar-refractivity contribution in [3.63, 3.8) is 0 Å². The van der Waals surface area contributed by atoms with Crippen LogP contribution in [0.3, 0.4) is 0 Å². The van der Waals surface area contributed by atoms with Gasteiger partial charge in [-0.3, -0.25) is 9.59 Å². The number of nitrogens with zero attached hydrogens (tertiary/aromatic N) is 1. The van der Waals surface area contributed by atoms with Gasteiger partial charge < -0.3 is 15.2 Å². The number of aromatic nitrogens is 1. The molecule has 156 valence electrons. The molecule has 0 bridgehead atoms. The third kappa shape index (κ3) is 4.79. The van der Waals surface area contributed by atoms with Crippen LogP contribution in [0.5, 0.6) is 0 Å². The van der Waals surface area contributed by atoms with Gasteiger partial charge in [0.1, 0.15) is 0 Å². The van der Waals surface area contributed by atoms with Gasteiger partial charge in [0, 0.05) is 23.6 Å². The van der Waals surface area contributed by atoms with E-state index in [9.17, 15) is 9.59 Å². The molecule has 0 fully saturated rings. The lowest BCUT2D eigenvalue weighted by Gasteiger charge is -2.13. The van der Waals surface area contributed by atoms with Gasteiger partial charge in [0.2, 0.25) is 5.91 Å². The molecule has 3 aromatic rings. The lowest BCUT2D eigenvalue weighted by atomic mass is 10.1. The van der Waals surface area contributed by atoms with Crippen LogP contribution in [-0.4, -0.2) is 22.9 Å². The minimum absolute atomic E-state index is 0.0755. The van der Waals surface area contributed by atoms with Crippen LogP contribution in [0.25, 0.3) is 0 Å². The highest BCUT2D eigenvalue weighted by Gasteiger charge is 2.17. The van der Waals surface area contributed by atoms with E-state index in [2.05, 4.69) is 27.3 Å². The highest BCUT2D eigenvalue weighted by molar-refractivity contribution is 6.00. The quantitative estimate of drug-likeness (QED) is 0.639. The number of rotatable bonds is 6. The average Bonchev–Trinajstić information content (AvgIpc) is 2.98. The first-order valence-corrected chi connectivity index (χ1v) is 10.1. The molecule has 0 atom stereocenters. The topological polar surface area (TPSA) is 63.1 Å². The number of aryl methyl sites for hydroxylation is 4. The van der Waals surface area contributed by atoms with Crippen LogP contribution in [0.1, 0.15) is 44.0 Å². The summed E-state index contributed by atoms with van der Waals surface area (Å²) < 4.78 is 2.11. The zero-order valence-corrected chi connectivity index (χ0v) is 18.3. The molecule has 0 radical (unpaired) electrons. The Bertz CT molecular complexity index is 1060. The van der Waals surface area contributed by atoms with Gasteiger partial charge in [-0.1, -0.05) is 48.0 Å². The third-order valence-corrected chi connectivity index (χ3v) is 5.35. The fourth-order valence-corrected chi connectivity index (χ4v) is 3.86. The highest BCUT2D eigenvalue weighted by atomic mass is 16.2. The number of benzene rings is 2. The number of carbonyl (C=O) groups is 2. The van der Waals surface area contributed by atoms with Crippen molar-refractivity contribution < 1.29 is 9.59 Å². The first-order valence-electron chi connectivity index (χ1n) is 10.1. The molecule has 1 heterocycles. The normalized spacial score (nSPS) is 10.7. The van der Waals surface area contributed by atoms with Crippen molar-refractivity contribution in [1.29, 1.82) is 0 Å². The molecule has 0 saturated heterocycles. The Morgan fingerprint density at radius 3 is 2.17 bits per heavy atom. The van der Waals surface area contributed by atoms with Crippen molar-refractivity contribution in [3.05, 3.63) is 87.7 Å². The molecule has 1 aromatic heterocycles. The molecule has 0 aliphatic rings. The maximum absolute atomic E-state index is 12.7. The fourth-order valence-electron chi connectivity index (χ4n) is 3.86. The summed E-state index contributed by atoms with van der Waals surface area (Å²) >= 11 is 0. The maximum atomic E-state index is 12.7. The predicted octanol–water partition coefficient (Wildman–Crippen LogP) is 4.45. The third-order valence-electron chi connectivity index (χ3n) is 5.35. The van der Waals surface area contributed by atoms with Crippen molar-refractivity contribution in [2.75, 3.05) is 11.9 Å². The van der Waals surface area contributed by atoms with Crippen LogP contribution < -0.4 is 10.6 Å². The van der Waals surface area contributed by atoms with Crippen LogP contribution in [0, 0.1) is 34.6 Å². The molecule has 2 amide bonds. The minimum Gasteiger partial charge on any atom is -0.344 e. The largest absolute Gasteiger partial charge is 0.344 e. The zero-order chi connectivity index (χ0) is 21.8. The van der Waals surface area contributed by atoms with Crippen LogP contribution in [-0.2, 0) is 11.3 Å². The standard InChI is InChI=1S/C25H29N3O2/c1-16-11-17(2)24(18(3)12-16)27-23(29)14-26-25(30)22-13-19(4)28(20(22)5)15-21-9-7-6-8-10-21/h6-13H,14-15H2,1-5H3,(H,26,30)(H,27,29). The summed E-state index contributed by atoms with van der Waals surface area (Å²) in [5.74, 6) is -0.480. The van der Waals surface area contributed by atoms with Crippen molar-refractivity contribution in [2.45, 2.75) is 41.2 Å². The van der Waals surface area contributed by atoms with Gasteiger partial charge >= 0.3 is 0 Å². The summed E-state index contributed by atoms with van der Waals surface area (Å²) in [7, 11) is 0. The summed E-state index contributed by atoms with van der Waals surface area (Å²) in [4.78, 5) is 25.1. The molecular formula is C25H29N3O2. The number of amides is 2. The Morgan fingerprint density at radius 1 is 0.900 bits per heavy atom. The van der Waals surface area contributed by atoms with Gasteiger partial charge in [-0.25, -0.2) is 0 Å². The second-order valence-corrected chi connectivity index (χ2v) is 7.86. The van der Waals surface area contributed by atoms with E-state index in [0.29, 0.717) is 12.1 Å². The lowest BCUT2D eigenvalue weighted by molar-refractivity contribution is -0.115. The summed E-state index contributed by atoms with van der Waals surface area (Å²) in [6, 6.07) is 16.1. The summed E-state index contributed by atoms with van der Waals surface area (Å²) in [5.41, 5.74) is 7.65. The molecule has 0 spiro atoms. The van der Waals surface area contributed by atoms with E-state index in [1.165, 1.54) is 5.56 Å². The molecular weight excluding hydrogens is 374 g/mol. The van der Waals surface area contributed by atoms with Crippen molar-refractivity contribution >= 4 is 17.5 Å². The summed E-state index contributed by atoms with van der Waals surface area (Å²) in [6.07, 6.45) is 0. The van der Waals surface area contributed by atoms with E-state index in [4.69, 9.17) is 0 Å². The molecule has 30 heavy (non-hydrogen) atoms. The first-order chi connectivity index (χ1) is 14.3. The molecule has 5 heteroatoms. The molecule has 2 aromatic carbocycles. The smallest absolute Gasteiger partial charge is 0.253 e. The Morgan fingerprint density at radius 2 is 1.53 bits per heavy atom. The SMILES string of the molecule is Cc1cc(C)c(NC(=O)CNC(=O)c2cc(C)n(Cc3ccccc3)c2C)c(C)c1. The van der Waals surface area contributed by atoms with Crippen molar-refractivity contribution in [3.8, 4) is 0 Å². The Labute approximate surface area is 178 Å². The van der Waals surface area contributed by atoms with Gasteiger partial charge in [-0.2, -0.15) is 0 Å². The van der Waals surface area contributed by atoms with Crippen molar-refractivity contribution in [2.24, 2.45) is 0 Å². The van der Waals surface area contributed by atoms with Crippen LogP contribution in [0.4, 0.5) is 5.69 Å². The number of anilines is 1. The summed E-state index contributed by atoms with van der Waals surface area (Å²) in [6.45, 7) is 10.5. The number of hydrogen-bond acceptors (Lipinski definition) is 2. The van der Waals surface area contributed by atoms with Crippen LogP contribution in [0.15, 0.2) is 48.5 Å². The molecule has 0 aliphatic carbocycles. The van der Waals surface area contributed by atoms with E-state index in [-0.39, 0.29) is 18.4 Å². The Kier molecular flexibility index (Phi) is 6.40. The second kappa shape index (κ2) is 8.99. The molecule has 0 saturated carbocycles. The van der Waals surface area contributed by atoms with Gasteiger partial charge in [0.25, 0.3) is 5.91 Å². The van der Waals surface area contributed by atoms with Crippen molar-refractivity contribution in [1.82, 2.24) is 9.88 Å². The van der Waals surface area contributed by atoms with Gasteiger partial charge in [0.05, 0.1) is 12.1 Å². The van der Waals surface area contributed by atoms with E-state index in [1.807, 2.05) is 71.0 Å². The number of nitrogens with one attached hydrogen (secondary N) is 2. The minimum atomic E-state index is -0.241. The van der Waals surface area contributed by atoms with Gasteiger partial charge in [-0.15, -0.1) is 0 Å². The number of carbonyl (C=O) groups excluding carboxylic acids is 2. The average molecular weight is 404 g/mol. The van der Waals surface area contributed by atoms with Crippen LogP contribution >= 0.6 is 0 Å². The Balaban J connectivity index is 1.65. The molecule has 0 aliphatic heterocycles. The highest BCUT2D eigenvalue weighted by Crippen LogP contribution is 2.22. The fraction of sp³-hybridized carbons (Fsp3) is 0.280. The monoisotopic (exact) mass is 403 g/mol. The van der Waals surface area contributed by atoms with E-state index < -0.39 is 0 Å². The molecule has 3 rings (SSSR count). The lowest BCUT2D eigenvalue weighted by Crippen LogP contribution is -2.33. The zero-order valence-electron chi connectivity index (χ0n) is 18.3. The van der Waals surface area contributed by atoms with E-state index in [1.54, 1.807) is 0 Å². The predicted molar refractivity (Wildman–Crippen MR) is 121 cm³/mol. The van der Waals surface area contributed by atoms with E-state index >= 15 is 0 Å².